The summed E-state index contributed by atoms with van der Waals surface area (Å²) in [5, 5.41) is 2.17. The van der Waals surface area contributed by atoms with Crippen LogP contribution in [0.5, 0.6) is 0 Å². The quantitative estimate of drug-likeness (QED) is 0.178. The fourth-order valence-corrected chi connectivity index (χ4v) is 7.31. The second-order valence-corrected chi connectivity index (χ2v) is 13.0. The van der Waals surface area contributed by atoms with Crippen LogP contribution in [0.1, 0.15) is 0 Å². The van der Waals surface area contributed by atoms with Crippen molar-refractivity contribution in [2.24, 2.45) is 0 Å². The number of nitrogens with zero attached hydrogens (tertiary/aromatic N) is 3. The Labute approximate surface area is 300 Å². The molecule has 0 saturated heterocycles. The standard InChI is InChI=1S/C48H31N3O/c1-4-13-32(14-5-1)33-23-25-34(26-24-33)38-30-42(35-15-6-2-7-16-35)49-43(31-38)37-19-12-20-39(29-37)51-44-22-11-10-21-40(44)46-45(51)28-27-41-47(46)52-48(50-41)36-17-8-3-9-18-36/h1-31H. The lowest BCUT2D eigenvalue weighted by atomic mass is 9.97. The SMILES string of the molecule is c1ccc(-c2ccc(-c3cc(-c4ccccc4)nc(-c4cccc(-n5c6ccccc6c6c7oc(-c8ccccc8)nc7ccc65)c4)c3)cc2)cc1. The number of hydrogen-bond acceptors (Lipinski definition) is 3. The molecule has 7 aromatic carbocycles. The lowest BCUT2D eigenvalue weighted by Crippen LogP contribution is -1.96. The van der Waals surface area contributed by atoms with Crippen molar-refractivity contribution in [1.29, 1.82) is 0 Å². The number of para-hydroxylation sites is 1. The van der Waals surface area contributed by atoms with E-state index in [9.17, 15) is 0 Å². The lowest BCUT2D eigenvalue weighted by molar-refractivity contribution is 0.623. The van der Waals surface area contributed by atoms with Crippen LogP contribution in [0.3, 0.4) is 0 Å². The molecular weight excluding hydrogens is 635 g/mol. The molecule has 0 radical (unpaired) electrons. The first-order valence-electron chi connectivity index (χ1n) is 17.5. The fraction of sp³-hybridized carbons (Fsp3) is 0. The van der Waals surface area contributed by atoms with Gasteiger partial charge in [0.2, 0.25) is 5.89 Å². The van der Waals surface area contributed by atoms with E-state index in [0.29, 0.717) is 5.89 Å². The van der Waals surface area contributed by atoms with Gasteiger partial charge in [0.05, 0.1) is 27.8 Å². The van der Waals surface area contributed by atoms with Crippen molar-refractivity contribution in [2.75, 3.05) is 0 Å². The molecule has 0 aliphatic carbocycles. The Morgan fingerprint density at radius 1 is 0.385 bits per heavy atom. The Morgan fingerprint density at radius 3 is 1.69 bits per heavy atom. The van der Waals surface area contributed by atoms with Crippen molar-refractivity contribution >= 4 is 32.9 Å². The maximum absolute atomic E-state index is 6.53. The molecule has 3 aromatic heterocycles. The second kappa shape index (κ2) is 12.4. The van der Waals surface area contributed by atoms with E-state index >= 15 is 0 Å². The van der Waals surface area contributed by atoms with E-state index in [1.165, 1.54) is 11.1 Å². The van der Waals surface area contributed by atoms with Crippen LogP contribution in [-0.2, 0) is 0 Å². The zero-order valence-electron chi connectivity index (χ0n) is 28.1. The van der Waals surface area contributed by atoms with Crippen molar-refractivity contribution in [3.05, 3.63) is 188 Å². The number of rotatable bonds is 6. The van der Waals surface area contributed by atoms with E-state index in [-0.39, 0.29) is 0 Å². The summed E-state index contributed by atoms with van der Waals surface area (Å²) in [6.45, 7) is 0. The van der Waals surface area contributed by atoms with Crippen LogP contribution in [-0.4, -0.2) is 14.5 Å². The molecule has 244 valence electrons. The molecule has 4 heteroatoms. The van der Waals surface area contributed by atoms with Crippen LogP contribution in [0.15, 0.2) is 192 Å². The molecule has 10 aromatic rings. The Kier molecular flexibility index (Phi) is 7.10. The minimum Gasteiger partial charge on any atom is -0.435 e. The third kappa shape index (κ3) is 5.17. The summed E-state index contributed by atoms with van der Waals surface area (Å²) in [5.41, 5.74) is 14.4. The summed E-state index contributed by atoms with van der Waals surface area (Å²) in [6.07, 6.45) is 0. The van der Waals surface area contributed by atoms with E-state index < -0.39 is 0 Å². The molecule has 4 nitrogen and oxygen atoms in total. The number of aromatic nitrogens is 3. The normalized spacial score (nSPS) is 11.5. The van der Waals surface area contributed by atoms with Gasteiger partial charge in [-0.3, -0.25) is 0 Å². The molecule has 0 N–H and O–H groups in total. The Bertz CT molecular complexity index is 2870. The van der Waals surface area contributed by atoms with Crippen LogP contribution < -0.4 is 0 Å². The van der Waals surface area contributed by atoms with Crippen LogP contribution in [0.25, 0.3) is 94.8 Å². The number of pyridine rings is 1. The molecule has 0 spiro atoms. The summed E-state index contributed by atoms with van der Waals surface area (Å²) in [4.78, 5) is 10.1. The van der Waals surface area contributed by atoms with Crippen molar-refractivity contribution in [3.8, 4) is 61.9 Å². The van der Waals surface area contributed by atoms with Gasteiger partial charge >= 0.3 is 0 Å². The van der Waals surface area contributed by atoms with Gasteiger partial charge in [-0.15, -0.1) is 0 Å². The average Bonchev–Trinajstić information content (AvgIpc) is 3.82. The molecule has 0 fully saturated rings. The van der Waals surface area contributed by atoms with Gasteiger partial charge in [0.15, 0.2) is 5.58 Å². The highest BCUT2D eigenvalue weighted by Crippen LogP contribution is 2.39. The predicted molar refractivity (Wildman–Crippen MR) is 213 cm³/mol. The Morgan fingerprint density at radius 2 is 0.962 bits per heavy atom. The molecular formula is C48H31N3O. The second-order valence-electron chi connectivity index (χ2n) is 13.0. The minimum atomic E-state index is 0.622. The molecule has 52 heavy (non-hydrogen) atoms. The maximum atomic E-state index is 6.53. The highest BCUT2D eigenvalue weighted by molar-refractivity contribution is 6.19. The third-order valence-electron chi connectivity index (χ3n) is 9.83. The summed E-state index contributed by atoms with van der Waals surface area (Å²) in [7, 11) is 0. The predicted octanol–water partition coefficient (Wildman–Crippen LogP) is 12.7. The molecule has 0 aliphatic rings. The first kappa shape index (κ1) is 29.8. The van der Waals surface area contributed by atoms with Gasteiger partial charge in [-0.25, -0.2) is 9.97 Å². The fourth-order valence-electron chi connectivity index (χ4n) is 7.31. The first-order valence-corrected chi connectivity index (χ1v) is 17.5. The maximum Gasteiger partial charge on any atom is 0.227 e. The smallest absolute Gasteiger partial charge is 0.227 e. The van der Waals surface area contributed by atoms with Gasteiger partial charge in [-0.2, -0.15) is 0 Å². The topological polar surface area (TPSA) is 43.9 Å². The number of oxazole rings is 1. The van der Waals surface area contributed by atoms with E-state index in [1.54, 1.807) is 0 Å². The van der Waals surface area contributed by atoms with E-state index in [2.05, 4.69) is 156 Å². The van der Waals surface area contributed by atoms with Crippen molar-refractivity contribution in [2.45, 2.75) is 0 Å². The number of hydrogen-bond donors (Lipinski definition) is 0. The third-order valence-corrected chi connectivity index (χ3v) is 9.83. The largest absolute Gasteiger partial charge is 0.435 e. The average molecular weight is 666 g/mol. The highest BCUT2D eigenvalue weighted by Gasteiger charge is 2.19. The van der Waals surface area contributed by atoms with Gasteiger partial charge in [0, 0.05) is 27.8 Å². The zero-order valence-corrected chi connectivity index (χ0v) is 28.1. The van der Waals surface area contributed by atoms with Gasteiger partial charge in [0.1, 0.15) is 5.52 Å². The van der Waals surface area contributed by atoms with Crippen LogP contribution in [0.4, 0.5) is 0 Å². The first-order chi connectivity index (χ1) is 25.8. The van der Waals surface area contributed by atoms with Gasteiger partial charge in [-0.1, -0.05) is 133 Å². The van der Waals surface area contributed by atoms with Crippen LogP contribution >= 0.6 is 0 Å². The van der Waals surface area contributed by atoms with Crippen LogP contribution in [0, 0.1) is 0 Å². The molecule has 0 saturated carbocycles. The Balaban J connectivity index is 1.12. The van der Waals surface area contributed by atoms with Crippen LogP contribution in [0.2, 0.25) is 0 Å². The summed E-state index contributed by atoms with van der Waals surface area (Å²) in [6, 6.07) is 65.6. The van der Waals surface area contributed by atoms with Gasteiger partial charge in [-0.05, 0) is 76.9 Å². The molecule has 3 heterocycles. The molecule has 0 amide bonds. The summed E-state index contributed by atoms with van der Waals surface area (Å²) < 4.78 is 8.85. The molecule has 0 aliphatic heterocycles. The van der Waals surface area contributed by atoms with Gasteiger partial charge in [0.25, 0.3) is 0 Å². The number of benzene rings is 7. The van der Waals surface area contributed by atoms with Crippen molar-refractivity contribution < 1.29 is 4.42 Å². The lowest BCUT2D eigenvalue weighted by Gasteiger charge is -2.13. The van der Waals surface area contributed by atoms with E-state index in [4.69, 9.17) is 14.4 Å². The number of fused-ring (bicyclic) bond motifs is 5. The monoisotopic (exact) mass is 665 g/mol. The molecule has 0 unspecified atom stereocenters. The molecule has 0 bridgehead atoms. The molecule has 10 rings (SSSR count). The minimum absolute atomic E-state index is 0.622. The van der Waals surface area contributed by atoms with Crippen molar-refractivity contribution in [1.82, 2.24) is 14.5 Å². The summed E-state index contributed by atoms with van der Waals surface area (Å²) >= 11 is 0. The molecule has 0 atom stereocenters. The Hall–Kier alpha value is -7.04. The van der Waals surface area contributed by atoms with E-state index in [0.717, 1.165) is 77.8 Å². The van der Waals surface area contributed by atoms with Gasteiger partial charge < -0.3 is 8.98 Å². The van der Waals surface area contributed by atoms with Crippen molar-refractivity contribution in [3.63, 3.8) is 0 Å². The highest BCUT2D eigenvalue weighted by atomic mass is 16.3. The summed E-state index contributed by atoms with van der Waals surface area (Å²) in [5.74, 6) is 0.622. The van der Waals surface area contributed by atoms with E-state index in [1.807, 2.05) is 36.4 Å². The zero-order chi connectivity index (χ0) is 34.4.